The zero-order valence-corrected chi connectivity index (χ0v) is 11.6. The van der Waals surface area contributed by atoms with Gasteiger partial charge in [0.2, 0.25) is 0 Å². The number of sulfonamides is 1. The third-order valence-electron chi connectivity index (χ3n) is 2.32. The lowest BCUT2D eigenvalue weighted by atomic mass is 10.3. The van der Waals surface area contributed by atoms with Crippen molar-refractivity contribution in [2.45, 2.75) is 4.90 Å². The Hall–Kier alpha value is -2.13. The van der Waals surface area contributed by atoms with Crippen molar-refractivity contribution in [3.8, 4) is 0 Å². The number of nitrogens with two attached hydrogens (primary N) is 1. The fourth-order valence-electron chi connectivity index (χ4n) is 1.35. The van der Waals surface area contributed by atoms with Gasteiger partial charge in [0, 0.05) is 12.4 Å². The number of hydrogen-bond donors (Lipinski definition) is 2. The number of thiocarbonyl (C=S) groups is 1. The Bertz CT molecular complexity index is 747. The molecule has 2 aromatic rings. The highest BCUT2D eigenvalue weighted by atomic mass is 32.2. The van der Waals surface area contributed by atoms with Crippen LogP contribution in [-0.4, -0.2) is 23.4 Å². The molecule has 0 bridgehead atoms. The third-order valence-corrected chi connectivity index (χ3v) is 3.88. The molecular formula is C11H9FN4O2S2. The molecule has 0 radical (unpaired) electrons. The van der Waals surface area contributed by atoms with Crippen LogP contribution in [0, 0.1) is 5.82 Å². The molecule has 104 valence electrons. The second-order valence-electron chi connectivity index (χ2n) is 3.70. The lowest BCUT2D eigenvalue weighted by molar-refractivity contribution is 0.597. The highest BCUT2D eigenvalue weighted by Gasteiger charge is 2.17. The van der Waals surface area contributed by atoms with E-state index in [9.17, 15) is 12.8 Å². The van der Waals surface area contributed by atoms with Gasteiger partial charge in [0.1, 0.15) is 9.88 Å². The average molecular weight is 312 g/mol. The van der Waals surface area contributed by atoms with Gasteiger partial charge in [-0.1, -0.05) is 12.2 Å². The molecule has 0 saturated heterocycles. The molecule has 0 amide bonds. The molecule has 6 nitrogen and oxygen atoms in total. The van der Waals surface area contributed by atoms with Crippen molar-refractivity contribution < 1.29 is 12.8 Å². The van der Waals surface area contributed by atoms with Crippen molar-refractivity contribution in [2.24, 2.45) is 5.73 Å². The summed E-state index contributed by atoms with van der Waals surface area (Å²) in [6.07, 6.45) is 3.27. The van der Waals surface area contributed by atoms with Gasteiger partial charge in [0.15, 0.2) is 5.82 Å². The maximum absolute atomic E-state index is 13.4. The molecule has 2 aromatic heterocycles. The number of hydrogen-bond acceptors (Lipinski definition) is 5. The van der Waals surface area contributed by atoms with Crippen LogP contribution in [0.15, 0.2) is 41.7 Å². The molecule has 0 aliphatic heterocycles. The van der Waals surface area contributed by atoms with E-state index >= 15 is 0 Å². The van der Waals surface area contributed by atoms with Gasteiger partial charge in [-0.25, -0.2) is 12.8 Å². The number of halogens is 1. The number of aromatic nitrogens is 2. The maximum atomic E-state index is 13.4. The van der Waals surface area contributed by atoms with Gasteiger partial charge in [0.25, 0.3) is 10.0 Å². The highest BCUT2D eigenvalue weighted by molar-refractivity contribution is 7.92. The largest absolute Gasteiger partial charge is 0.388 e. The summed E-state index contributed by atoms with van der Waals surface area (Å²) in [7, 11) is -3.94. The van der Waals surface area contributed by atoms with Crippen LogP contribution in [-0.2, 0) is 10.0 Å². The van der Waals surface area contributed by atoms with Crippen LogP contribution < -0.4 is 10.5 Å². The van der Waals surface area contributed by atoms with Gasteiger partial charge in [-0.05, 0) is 18.2 Å². The van der Waals surface area contributed by atoms with Gasteiger partial charge in [-0.2, -0.15) is 0 Å². The number of nitrogens with one attached hydrogen (secondary N) is 1. The van der Waals surface area contributed by atoms with Crippen LogP contribution in [0.1, 0.15) is 5.69 Å². The molecule has 0 aliphatic carbocycles. The Morgan fingerprint density at radius 3 is 2.60 bits per heavy atom. The first-order valence-electron chi connectivity index (χ1n) is 5.28. The van der Waals surface area contributed by atoms with Gasteiger partial charge >= 0.3 is 0 Å². The van der Waals surface area contributed by atoms with E-state index in [1.54, 1.807) is 0 Å². The fraction of sp³-hybridized carbons (Fsp3) is 0. The van der Waals surface area contributed by atoms with Crippen LogP contribution in [0.3, 0.4) is 0 Å². The van der Waals surface area contributed by atoms with Gasteiger partial charge < -0.3 is 5.73 Å². The average Bonchev–Trinajstić information content (AvgIpc) is 2.41. The molecule has 2 rings (SSSR count). The monoisotopic (exact) mass is 312 g/mol. The fourth-order valence-corrected chi connectivity index (χ4v) is 2.48. The third kappa shape index (κ3) is 3.06. The quantitative estimate of drug-likeness (QED) is 0.819. The molecule has 3 N–H and O–H groups in total. The molecule has 0 aliphatic rings. The highest BCUT2D eigenvalue weighted by Crippen LogP contribution is 2.17. The summed E-state index contributed by atoms with van der Waals surface area (Å²) in [4.78, 5) is 7.27. The summed E-state index contributed by atoms with van der Waals surface area (Å²) in [6.45, 7) is 0. The summed E-state index contributed by atoms with van der Waals surface area (Å²) in [5.41, 5.74) is 5.47. The van der Waals surface area contributed by atoms with Crippen molar-refractivity contribution in [3.05, 3.63) is 48.3 Å². The van der Waals surface area contributed by atoms with Crippen LogP contribution in [0.25, 0.3) is 0 Å². The van der Waals surface area contributed by atoms with Crippen molar-refractivity contribution in [3.63, 3.8) is 0 Å². The van der Waals surface area contributed by atoms with Crippen LogP contribution in [0.5, 0.6) is 0 Å². The van der Waals surface area contributed by atoms with Crippen molar-refractivity contribution >= 4 is 32.9 Å². The normalized spacial score (nSPS) is 11.1. The van der Waals surface area contributed by atoms with Crippen molar-refractivity contribution in [1.82, 2.24) is 9.97 Å². The minimum Gasteiger partial charge on any atom is -0.388 e. The standard InChI is InChI=1S/C11H9FN4O2S2/c12-8-6-14-4-3-9(8)16-20(17,18)7-1-2-10(11(13)19)15-5-7/h1-6H,(H2,13,19)(H,14,16). The van der Waals surface area contributed by atoms with Gasteiger partial charge in [-0.3, -0.25) is 14.7 Å². The lowest BCUT2D eigenvalue weighted by Crippen LogP contribution is -2.16. The van der Waals surface area contributed by atoms with Crippen LogP contribution in [0.2, 0.25) is 0 Å². The molecule has 0 spiro atoms. The minimum atomic E-state index is -3.94. The van der Waals surface area contributed by atoms with Crippen LogP contribution >= 0.6 is 12.2 Å². The first-order chi connectivity index (χ1) is 9.40. The molecule has 2 heterocycles. The van der Waals surface area contributed by atoms with Crippen molar-refractivity contribution in [1.29, 1.82) is 0 Å². The van der Waals surface area contributed by atoms with E-state index in [4.69, 9.17) is 18.0 Å². The van der Waals surface area contributed by atoms with E-state index in [1.165, 1.54) is 24.4 Å². The summed E-state index contributed by atoms with van der Waals surface area (Å²) < 4.78 is 39.5. The summed E-state index contributed by atoms with van der Waals surface area (Å²) in [5, 5.41) is 0. The SMILES string of the molecule is NC(=S)c1ccc(S(=O)(=O)Nc2ccncc2F)cn1. The number of rotatable bonds is 4. The molecule has 20 heavy (non-hydrogen) atoms. The number of anilines is 1. The molecule has 0 saturated carbocycles. The minimum absolute atomic E-state index is 0.0575. The molecule has 0 aromatic carbocycles. The topological polar surface area (TPSA) is 98.0 Å². The Morgan fingerprint density at radius 2 is 2.05 bits per heavy atom. The lowest BCUT2D eigenvalue weighted by Gasteiger charge is -2.08. The summed E-state index contributed by atoms with van der Waals surface area (Å²) in [6, 6.07) is 3.87. The Labute approximate surface area is 119 Å². The zero-order valence-electron chi connectivity index (χ0n) is 9.95. The zero-order chi connectivity index (χ0) is 14.8. The molecule has 0 atom stereocenters. The van der Waals surface area contributed by atoms with E-state index in [0.29, 0.717) is 5.69 Å². The summed E-state index contributed by atoms with van der Waals surface area (Å²) in [5.74, 6) is -0.774. The predicted molar refractivity (Wildman–Crippen MR) is 75.1 cm³/mol. The smallest absolute Gasteiger partial charge is 0.263 e. The van der Waals surface area contributed by atoms with Crippen LogP contribution in [0.4, 0.5) is 10.1 Å². The first kappa shape index (κ1) is 14.3. The van der Waals surface area contributed by atoms with E-state index in [-0.39, 0.29) is 15.6 Å². The molecule has 0 unspecified atom stereocenters. The van der Waals surface area contributed by atoms with Gasteiger partial charge in [-0.15, -0.1) is 0 Å². The van der Waals surface area contributed by atoms with E-state index in [1.807, 2.05) is 0 Å². The maximum Gasteiger partial charge on any atom is 0.263 e. The Balaban J connectivity index is 2.31. The first-order valence-corrected chi connectivity index (χ1v) is 7.17. The van der Waals surface area contributed by atoms with E-state index in [0.717, 1.165) is 12.4 Å². The van der Waals surface area contributed by atoms with Crippen molar-refractivity contribution in [2.75, 3.05) is 4.72 Å². The number of pyridine rings is 2. The Kier molecular flexibility index (Phi) is 3.91. The predicted octanol–water partition coefficient (Wildman–Crippen LogP) is 1.05. The van der Waals surface area contributed by atoms with Gasteiger partial charge in [0.05, 0.1) is 17.6 Å². The molecular weight excluding hydrogens is 303 g/mol. The summed E-state index contributed by atoms with van der Waals surface area (Å²) >= 11 is 4.71. The Morgan fingerprint density at radius 1 is 1.30 bits per heavy atom. The van der Waals surface area contributed by atoms with E-state index in [2.05, 4.69) is 14.7 Å². The second-order valence-corrected chi connectivity index (χ2v) is 5.83. The number of nitrogens with zero attached hydrogens (tertiary/aromatic N) is 2. The molecule has 0 fully saturated rings. The molecule has 9 heteroatoms. The second kappa shape index (κ2) is 5.47. The van der Waals surface area contributed by atoms with E-state index < -0.39 is 15.8 Å².